The van der Waals surface area contributed by atoms with E-state index >= 15 is 0 Å². The van der Waals surface area contributed by atoms with Crippen molar-refractivity contribution >= 4 is 67.8 Å². The molecular weight excluding hydrogens is 535 g/mol. The van der Waals surface area contributed by atoms with Crippen molar-refractivity contribution in [3.63, 3.8) is 0 Å². The summed E-state index contributed by atoms with van der Waals surface area (Å²) in [4.78, 5) is 11.5. The van der Waals surface area contributed by atoms with Crippen LogP contribution in [-0.4, -0.2) is 128 Å². The summed E-state index contributed by atoms with van der Waals surface area (Å²) in [6.07, 6.45) is -3.49. The summed E-state index contributed by atoms with van der Waals surface area (Å²) >= 11 is 0. The van der Waals surface area contributed by atoms with E-state index in [4.69, 9.17) is 14.0 Å². The normalized spacial score (nSPS) is 41.1. The number of hydrogen-bond acceptors (Lipinski definition) is 9. The number of aliphatic carboxylic acids is 1. The first kappa shape index (κ1) is 29.8. The van der Waals surface area contributed by atoms with Gasteiger partial charge in [-0.1, -0.05) is 13.0 Å². The second-order valence-electron chi connectivity index (χ2n) is 10.8. The fourth-order valence-corrected chi connectivity index (χ4v) is 7.58. The largest absolute Gasteiger partial charge is 0.479 e. The number of aliphatic hydroxyl groups is 3. The third-order valence-electron chi connectivity index (χ3n) is 8.92. The van der Waals surface area contributed by atoms with Crippen molar-refractivity contribution in [1.82, 2.24) is 0 Å². The number of carboxylic acid groups (broad SMARTS) is 1. The van der Waals surface area contributed by atoms with E-state index in [-0.39, 0.29) is 74.6 Å². The van der Waals surface area contributed by atoms with Crippen LogP contribution in [0, 0.1) is 17.3 Å². The maximum Gasteiger partial charge on any atom is 0.446 e. The van der Waals surface area contributed by atoms with Gasteiger partial charge in [-0.3, -0.25) is 4.55 Å². The molecule has 0 aromatic heterocycles. The summed E-state index contributed by atoms with van der Waals surface area (Å²) in [5, 5.41) is 39.9. The third kappa shape index (κ3) is 5.57. The molecule has 3 fully saturated rings. The Balaban J connectivity index is 0.00000320. The van der Waals surface area contributed by atoms with E-state index in [0.717, 1.165) is 43.2 Å². The van der Waals surface area contributed by atoms with Crippen LogP contribution in [0.5, 0.6) is 5.75 Å². The predicted octanol–water partition coefficient (Wildman–Crippen LogP) is 0.621. The smallest absolute Gasteiger partial charge is 0.446 e. The number of carbonyl (C=O) groups is 1. The van der Waals surface area contributed by atoms with Gasteiger partial charge < -0.3 is 34.1 Å². The Morgan fingerprint density at radius 1 is 1.08 bits per heavy atom. The first-order valence-corrected chi connectivity index (χ1v) is 13.6. The van der Waals surface area contributed by atoms with Crippen LogP contribution in [0.25, 0.3) is 0 Å². The van der Waals surface area contributed by atoms with E-state index in [1.165, 1.54) is 0 Å². The van der Waals surface area contributed by atoms with Crippen molar-refractivity contribution < 1.29 is 51.8 Å². The molecule has 1 heterocycles. The average Bonchev–Trinajstić information content (AvgIpc) is 3.13. The molecule has 5 N–H and O–H groups in total. The molecular formula is C24H32KO11S. The molecule has 13 heteroatoms. The van der Waals surface area contributed by atoms with E-state index in [2.05, 4.69) is 11.1 Å². The van der Waals surface area contributed by atoms with E-state index in [9.17, 15) is 33.6 Å². The van der Waals surface area contributed by atoms with Crippen LogP contribution in [0.1, 0.15) is 56.1 Å². The number of aliphatic hydroxyl groups excluding tert-OH is 3. The minimum absolute atomic E-state index is 0. The maximum absolute atomic E-state index is 11.5. The molecule has 1 aromatic carbocycles. The molecule has 11 nitrogen and oxygen atoms in total. The molecule has 201 valence electrons. The monoisotopic (exact) mass is 567 g/mol. The molecule has 0 spiro atoms. The molecule has 4 aliphatic rings. The second-order valence-corrected chi connectivity index (χ2v) is 11.8. The van der Waals surface area contributed by atoms with Crippen LogP contribution in [0.4, 0.5) is 0 Å². The van der Waals surface area contributed by atoms with Crippen LogP contribution >= 0.6 is 0 Å². The Bertz CT molecular complexity index is 1130. The van der Waals surface area contributed by atoms with Gasteiger partial charge in [0.05, 0.1) is 6.10 Å². The van der Waals surface area contributed by atoms with Crippen molar-refractivity contribution in [1.29, 1.82) is 0 Å². The zero-order valence-corrected chi connectivity index (χ0v) is 24.7. The van der Waals surface area contributed by atoms with Gasteiger partial charge in [0.25, 0.3) is 0 Å². The Hall–Kier alpha value is -0.164. The molecule has 0 bridgehead atoms. The number of benzene rings is 1. The average molecular weight is 568 g/mol. The van der Waals surface area contributed by atoms with Gasteiger partial charge in [-0.05, 0) is 85.0 Å². The Morgan fingerprint density at radius 3 is 2.49 bits per heavy atom. The van der Waals surface area contributed by atoms with E-state index < -0.39 is 47.1 Å². The number of ether oxygens (including phenoxy) is 2. The Kier molecular flexibility index (Phi) is 8.87. The van der Waals surface area contributed by atoms with Crippen LogP contribution in [-0.2, 0) is 31.1 Å². The fraction of sp³-hybridized carbons (Fsp3) is 0.708. The molecule has 1 saturated heterocycles. The number of aryl methyl sites for hydroxylation is 1. The quantitative estimate of drug-likeness (QED) is 0.249. The molecule has 1 radical (unpaired) electrons. The summed E-state index contributed by atoms with van der Waals surface area (Å²) in [6.45, 7) is 2.15. The molecule has 0 amide bonds. The summed E-state index contributed by atoms with van der Waals surface area (Å²) in [5.41, 5.74) is 1.93. The third-order valence-corrected chi connectivity index (χ3v) is 9.33. The van der Waals surface area contributed by atoms with Gasteiger partial charge in [0, 0.05) is 51.4 Å². The summed E-state index contributed by atoms with van der Waals surface area (Å²) in [7, 11) is -4.59. The van der Waals surface area contributed by atoms with Crippen LogP contribution in [0.15, 0.2) is 18.2 Å². The molecule has 0 unspecified atom stereocenters. The molecule has 1 aliphatic heterocycles. The van der Waals surface area contributed by atoms with Gasteiger partial charge in [-0.25, -0.2) is 4.79 Å². The van der Waals surface area contributed by atoms with E-state index in [1.54, 1.807) is 12.1 Å². The van der Waals surface area contributed by atoms with Gasteiger partial charge in [0.2, 0.25) is 0 Å². The van der Waals surface area contributed by atoms with Crippen molar-refractivity contribution in [3.8, 4) is 5.75 Å². The van der Waals surface area contributed by atoms with Gasteiger partial charge in [-0.2, -0.15) is 8.42 Å². The van der Waals surface area contributed by atoms with Crippen molar-refractivity contribution in [2.45, 2.75) is 88.2 Å². The second kappa shape index (κ2) is 11.0. The SMILES string of the molecule is C[C@]12CC[C@@H]3c4ccc(OS(=O)(=O)O)cc4CC[C@H]3[C@@H]1CC[C@@H]2O[C@@H]1O[C@H](C(=O)O)[C@@H](O)[C@H](O)[C@H]1O.[K]. The van der Waals surface area contributed by atoms with Crippen LogP contribution < -0.4 is 4.18 Å². The van der Waals surface area contributed by atoms with Gasteiger partial charge in [-0.15, -0.1) is 0 Å². The van der Waals surface area contributed by atoms with Crippen molar-refractivity contribution in [2.24, 2.45) is 17.3 Å². The molecule has 5 rings (SSSR count). The summed E-state index contributed by atoms with van der Waals surface area (Å²) in [6, 6.07) is 5.11. The van der Waals surface area contributed by atoms with Crippen LogP contribution in [0.3, 0.4) is 0 Å². The zero-order valence-electron chi connectivity index (χ0n) is 20.8. The number of fused-ring (bicyclic) bond motifs is 5. The first-order chi connectivity index (χ1) is 16.9. The number of hydrogen-bond donors (Lipinski definition) is 5. The minimum atomic E-state index is -4.59. The van der Waals surface area contributed by atoms with Crippen molar-refractivity contribution in [2.75, 3.05) is 0 Å². The maximum atomic E-state index is 11.5. The standard InChI is InChI=1S/C24H32O11S.K/c1-24-9-8-14-13-5-3-12(35-36(30,31)32)10-11(13)2-4-15(14)16(24)6-7-17(24)33-23-20(27)18(25)19(26)21(34-23)22(28)29;/h3,5,10,14-21,23,25-27H,2,4,6-9H2,1H3,(H,28,29)(H,30,31,32);/t14-,15-,16+,17+,18+,19+,20-,21+,23-,24+;/m1./s1. The first-order valence-electron chi connectivity index (χ1n) is 12.3. The van der Waals surface area contributed by atoms with Gasteiger partial charge in [0.1, 0.15) is 24.1 Å². The Morgan fingerprint density at radius 2 is 1.81 bits per heavy atom. The van der Waals surface area contributed by atoms with Gasteiger partial charge >= 0.3 is 16.4 Å². The van der Waals surface area contributed by atoms with E-state index in [1.807, 2.05) is 6.07 Å². The number of rotatable bonds is 5. The fourth-order valence-electron chi connectivity index (χ4n) is 7.23. The topological polar surface area (TPSA) is 180 Å². The molecule has 2 saturated carbocycles. The summed E-state index contributed by atoms with van der Waals surface area (Å²) in [5.74, 6) is -0.383. The Labute approximate surface area is 257 Å². The molecule has 1 aromatic rings. The number of carboxylic acids is 1. The zero-order chi connectivity index (χ0) is 26.0. The molecule has 3 aliphatic carbocycles. The predicted molar refractivity (Wildman–Crippen MR) is 128 cm³/mol. The minimum Gasteiger partial charge on any atom is -0.479 e. The van der Waals surface area contributed by atoms with Gasteiger partial charge in [0.15, 0.2) is 12.4 Å². The molecule has 10 atom stereocenters. The van der Waals surface area contributed by atoms with Crippen molar-refractivity contribution in [3.05, 3.63) is 29.3 Å². The summed E-state index contributed by atoms with van der Waals surface area (Å²) < 4.78 is 47.3. The van der Waals surface area contributed by atoms with E-state index in [0.29, 0.717) is 18.3 Å². The molecule has 37 heavy (non-hydrogen) atoms. The van der Waals surface area contributed by atoms with Crippen LogP contribution in [0.2, 0.25) is 0 Å².